The van der Waals surface area contributed by atoms with Crippen molar-refractivity contribution in [2.24, 2.45) is 0 Å². The van der Waals surface area contributed by atoms with Crippen LogP contribution in [0.5, 0.6) is 0 Å². The van der Waals surface area contributed by atoms with Crippen LogP contribution in [0.1, 0.15) is 13.8 Å². The van der Waals surface area contributed by atoms with E-state index in [9.17, 15) is 4.79 Å². The predicted octanol–water partition coefficient (Wildman–Crippen LogP) is 2.56. The summed E-state index contributed by atoms with van der Waals surface area (Å²) in [5.41, 5.74) is 1.22. The summed E-state index contributed by atoms with van der Waals surface area (Å²) in [6.45, 7) is 7.16. The summed E-state index contributed by atoms with van der Waals surface area (Å²) in [6, 6.07) is 0. The zero-order chi connectivity index (χ0) is 12.7. The average Bonchev–Trinajstić information content (AvgIpc) is 2.35. The van der Waals surface area contributed by atoms with E-state index in [0.29, 0.717) is 0 Å². The Morgan fingerprint density at radius 2 is 1.71 bits per heavy atom. The first-order valence-corrected chi connectivity index (χ1v) is 7.03. The number of hydrogen-bond donors (Lipinski definition) is 0. The van der Waals surface area contributed by atoms with Crippen molar-refractivity contribution in [2.45, 2.75) is 13.8 Å². The third kappa shape index (κ3) is 4.53. The molecule has 0 bridgehead atoms. The van der Waals surface area contributed by atoms with Gasteiger partial charge in [0.05, 0.1) is 0 Å². The van der Waals surface area contributed by atoms with Crippen LogP contribution in [-0.2, 0) is 4.79 Å². The van der Waals surface area contributed by atoms with Gasteiger partial charge in [-0.25, -0.2) is 0 Å². The van der Waals surface area contributed by atoms with E-state index in [1.807, 2.05) is 28.1 Å². The second kappa shape index (κ2) is 7.53. The molecule has 0 aliphatic carbocycles. The molecule has 3 nitrogen and oxygen atoms in total. The van der Waals surface area contributed by atoms with Gasteiger partial charge in [-0.2, -0.15) is 0 Å². The van der Waals surface area contributed by atoms with Crippen LogP contribution < -0.4 is 0 Å². The van der Waals surface area contributed by atoms with Crippen LogP contribution in [-0.4, -0.2) is 41.9 Å². The fourth-order valence-corrected chi connectivity index (χ4v) is 2.10. The lowest BCUT2D eigenvalue weighted by molar-refractivity contribution is -0.130. The Morgan fingerprint density at radius 3 is 2.18 bits per heavy atom. The van der Waals surface area contributed by atoms with Gasteiger partial charge in [0.2, 0.25) is 5.91 Å². The topological polar surface area (TPSA) is 23.6 Å². The molecule has 0 aromatic carbocycles. The van der Waals surface area contributed by atoms with Gasteiger partial charge in [-0.1, -0.05) is 40.8 Å². The van der Waals surface area contributed by atoms with Gasteiger partial charge in [-0.15, -0.1) is 0 Å². The first-order chi connectivity index (χ1) is 8.19. The number of nitrogens with zero attached hydrogens (tertiary/aromatic N) is 2. The van der Waals surface area contributed by atoms with Crippen LogP contribution in [0.4, 0.5) is 0 Å². The highest BCUT2D eigenvalue weighted by Gasteiger charge is 2.18. The van der Waals surface area contributed by atoms with Gasteiger partial charge in [0, 0.05) is 38.8 Å². The lowest BCUT2D eigenvalue weighted by Crippen LogP contribution is -2.47. The van der Waals surface area contributed by atoms with Gasteiger partial charge < -0.3 is 9.80 Å². The number of piperazine rings is 1. The van der Waals surface area contributed by atoms with Crippen molar-refractivity contribution < 1.29 is 4.79 Å². The van der Waals surface area contributed by atoms with E-state index in [1.54, 1.807) is 6.92 Å². The normalized spacial score (nSPS) is 18.4. The predicted molar refractivity (Wildman–Crippen MR) is 79.9 cm³/mol. The van der Waals surface area contributed by atoms with Gasteiger partial charge in [-0.3, -0.25) is 4.79 Å². The lowest BCUT2D eigenvalue weighted by atomic mass is 10.2. The maximum atomic E-state index is 11.2. The Balaban J connectivity index is 2.54. The summed E-state index contributed by atoms with van der Waals surface area (Å²) in [5, 5.41) is 0. The summed E-state index contributed by atoms with van der Waals surface area (Å²) in [7, 11) is 0. The van der Waals surface area contributed by atoms with Crippen LogP contribution >= 0.6 is 22.6 Å². The molecule has 1 rings (SSSR count). The van der Waals surface area contributed by atoms with E-state index in [0.717, 1.165) is 26.2 Å². The lowest BCUT2D eigenvalue weighted by Gasteiger charge is -2.36. The second-order valence-electron chi connectivity index (χ2n) is 3.88. The van der Waals surface area contributed by atoms with Crippen LogP contribution in [0.15, 0.2) is 34.1 Å². The van der Waals surface area contributed by atoms with Gasteiger partial charge >= 0.3 is 0 Å². The number of carbonyl (C=O) groups excluding carboxylic acids is 1. The molecule has 94 valence electrons. The zero-order valence-electron chi connectivity index (χ0n) is 10.4. The molecule has 1 fully saturated rings. The fraction of sp³-hybridized carbons (Fsp3) is 0.462. The maximum Gasteiger partial charge on any atom is 0.219 e. The molecule has 0 spiro atoms. The Morgan fingerprint density at radius 1 is 1.12 bits per heavy atom. The van der Waals surface area contributed by atoms with E-state index >= 15 is 0 Å². The molecule has 0 N–H and O–H groups in total. The Hall–Kier alpha value is -0.780. The molecule has 1 saturated heterocycles. The molecule has 0 aromatic heterocycles. The number of carbonyl (C=O) groups is 1. The van der Waals surface area contributed by atoms with Gasteiger partial charge in [0.25, 0.3) is 0 Å². The molecule has 1 amide bonds. The van der Waals surface area contributed by atoms with Crippen LogP contribution in [0.3, 0.4) is 0 Å². The van der Waals surface area contributed by atoms with Crippen LogP contribution in [0.2, 0.25) is 0 Å². The van der Waals surface area contributed by atoms with Crippen LogP contribution in [0, 0.1) is 0 Å². The van der Waals surface area contributed by atoms with Crippen LogP contribution in [0.25, 0.3) is 0 Å². The standard InChI is InChI=1S/C13H19IN2O/c1-3-13(6-4-5-7-14)16-10-8-15(9-11-16)12(2)17/h3-7H,8-11H2,1-2H3/b6-4-,7-5+,13-3+. The minimum absolute atomic E-state index is 0.176. The minimum atomic E-state index is 0.176. The quantitative estimate of drug-likeness (QED) is 0.579. The molecular formula is C13H19IN2O. The molecule has 0 saturated carbocycles. The molecule has 0 unspecified atom stereocenters. The average molecular weight is 346 g/mol. The van der Waals surface area contributed by atoms with Gasteiger partial charge in [-0.05, 0) is 17.1 Å². The van der Waals surface area contributed by atoms with Crippen molar-refractivity contribution in [1.82, 2.24) is 9.80 Å². The van der Waals surface area contributed by atoms with Crippen molar-refractivity contribution in [3.63, 3.8) is 0 Å². The summed E-state index contributed by atoms with van der Waals surface area (Å²) < 4.78 is 1.98. The number of amides is 1. The number of rotatable bonds is 3. The molecule has 17 heavy (non-hydrogen) atoms. The molecule has 0 radical (unpaired) electrons. The van der Waals surface area contributed by atoms with E-state index in [2.05, 4.69) is 39.6 Å². The van der Waals surface area contributed by atoms with Crippen molar-refractivity contribution in [2.75, 3.05) is 26.2 Å². The summed E-state index contributed by atoms with van der Waals surface area (Å²) in [5.74, 6) is 0.176. The largest absolute Gasteiger partial charge is 0.368 e. The number of hydrogen-bond acceptors (Lipinski definition) is 2. The van der Waals surface area contributed by atoms with Crippen molar-refractivity contribution in [3.8, 4) is 0 Å². The monoisotopic (exact) mass is 346 g/mol. The van der Waals surface area contributed by atoms with E-state index in [-0.39, 0.29) is 5.91 Å². The third-order valence-corrected chi connectivity index (χ3v) is 3.25. The summed E-state index contributed by atoms with van der Waals surface area (Å²) in [6.07, 6.45) is 8.27. The summed E-state index contributed by atoms with van der Waals surface area (Å²) >= 11 is 2.20. The third-order valence-electron chi connectivity index (χ3n) is 2.84. The van der Waals surface area contributed by atoms with Crippen molar-refractivity contribution >= 4 is 28.5 Å². The fourth-order valence-electron chi connectivity index (χ4n) is 1.86. The molecular weight excluding hydrogens is 327 g/mol. The number of allylic oxidation sites excluding steroid dienone is 4. The maximum absolute atomic E-state index is 11.2. The van der Waals surface area contributed by atoms with Gasteiger partial charge in [0.15, 0.2) is 0 Å². The Bertz CT molecular complexity index is 339. The zero-order valence-corrected chi connectivity index (χ0v) is 12.6. The minimum Gasteiger partial charge on any atom is -0.368 e. The molecule has 1 aliphatic heterocycles. The van der Waals surface area contributed by atoms with Crippen molar-refractivity contribution in [3.05, 3.63) is 34.1 Å². The summed E-state index contributed by atoms with van der Waals surface area (Å²) in [4.78, 5) is 15.4. The highest BCUT2D eigenvalue weighted by Crippen LogP contribution is 2.11. The second-order valence-corrected chi connectivity index (χ2v) is 4.60. The van der Waals surface area contributed by atoms with E-state index in [4.69, 9.17) is 0 Å². The Labute approximate surface area is 117 Å². The Kier molecular flexibility index (Phi) is 6.32. The van der Waals surface area contributed by atoms with E-state index < -0.39 is 0 Å². The highest BCUT2D eigenvalue weighted by molar-refractivity contribution is 14.1. The highest BCUT2D eigenvalue weighted by atomic mass is 127. The first-order valence-electron chi connectivity index (χ1n) is 5.79. The smallest absolute Gasteiger partial charge is 0.219 e. The first kappa shape index (κ1) is 14.3. The van der Waals surface area contributed by atoms with Crippen molar-refractivity contribution in [1.29, 1.82) is 0 Å². The van der Waals surface area contributed by atoms with Gasteiger partial charge in [0.1, 0.15) is 0 Å². The number of halogens is 1. The molecule has 1 heterocycles. The van der Waals surface area contributed by atoms with E-state index in [1.165, 1.54) is 5.70 Å². The molecule has 1 aliphatic rings. The molecule has 4 heteroatoms. The molecule has 0 aromatic rings. The molecule has 0 atom stereocenters. The SMILES string of the molecule is C\C=C(/C=C\C=C\I)N1CCN(C(C)=O)CC1.